The molecule has 3 rings (SSSR count). The van der Waals surface area contributed by atoms with Crippen LogP contribution in [0.3, 0.4) is 0 Å². The summed E-state index contributed by atoms with van der Waals surface area (Å²) in [5.41, 5.74) is 4.38. The van der Waals surface area contributed by atoms with Crippen LogP contribution in [-0.2, 0) is 0 Å². The third kappa shape index (κ3) is 1.59. The molecule has 4 nitrogen and oxygen atoms in total. The number of carbonyl (C=O) groups is 1. The zero-order chi connectivity index (χ0) is 12.5. The van der Waals surface area contributed by atoms with Crippen LogP contribution < -0.4 is 0 Å². The second kappa shape index (κ2) is 4.07. The van der Waals surface area contributed by atoms with Gasteiger partial charge < -0.3 is 4.98 Å². The molecule has 4 heteroatoms. The maximum atomic E-state index is 10.6. The number of benzene rings is 1. The summed E-state index contributed by atoms with van der Waals surface area (Å²) >= 11 is 0. The number of H-pyrrole nitrogens is 1. The molecule has 0 spiro atoms. The number of aldehydes is 1. The molecule has 0 unspecified atom stereocenters. The van der Waals surface area contributed by atoms with Crippen molar-refractivity contribution in [3.63, 3.8) is 0 Å². The molecular formula is C14H11N3O. The van der Waals surface area contributed by atoms with E-state index in [9.17, 15) is 4.79 Å². The van der Waals surface area contributed by atoms with Crippen molar-refractivity contribution < 1.29 is 4.79 Å². The van der Waals surface area contributed by atoms with Gasteiger partial charge in [0.1, 0.15) is 5.69 Å². The highest BCUT2D eigenvalue weighted by Gasteiger charge is 2.09. The third-order valence-corrected chi connectivity index (χ3v) is 2.98. The average molecular weight is 237 g/mol. The highest BCUT2D eigenvalue weighted by molar-refractivity contribution is 5.96. The van der Waals surface area contributed by atoms with Crippen molar-refractivity contribution in [2.75, 3.05) is 0 Å². The normalized spacial score (nSPS) is 10.7. The number of nitrogens with one attached hydrogen (secondary N) is 1. The minimum atomic E-state index is 0.343. The van der Waals surface area contributed by atoms with Crippen molar-refractivity contribution in [1.82, 2.24) is 15.0 Å². The van der Waals surface area contributed by atoms with Gasteiger partial charge in [0.2, 0.25) is 0 Å². The highest BCUT2D eigenvalue weighted by Crippen LogP contribution is 2.29. The Bertz CT molecular complexity index is 713. The van der Waals surface area contributed by atoms with Crippen LogP contribution in [-0.4, -0.2) is 21.2 Å². The number of fused-ring (bicyclic) bond motifs is 1. The molecule has 0 saturated heterocycles. The maximum Gasteiger partial charge on any atom is 0.170 e. The van der Waals surface area contributed by atoms with E-state index in [0.29, 0.717) is 12.0 Å². The zero-order valence-electron chi connectivity index (χ0n) is 9.84. The average Bonchev–Trinajstić information content (AvgIpc) is 2.84. The van der Waals surface area contributed by atoms with E-state index >= 15 is 0 Å². The number of hydrogen-bond donors (Lipinski definition) is 1. The Morgan fingerprint density at radius 1 is 1.22 bits per heavy atom. The number of aryl methyl sites for hydroxylation is 1. The smallest absolute Gasteiger partial charge is 0.170 e. The molecule has 1 aromatic carbocycles. The van der Waals surface area contributed by atoms with Gasteiger partial charge in [-0.3, -0.25) is 9.78 Å². The lowest BCUT2D eigenvalue weighted by Gasteiger charge is -2.01. The molecule has 18 heavy (non-hydrogen) atoms. The molecular weight excluding hydrogens is 226 g/mol. The Morgan fingerprint density at radius 3 is 2.83 bits per heavy atom. The van der Waals surface area contributed by atoms with Gasteiger partial charge in [0.25, 0.3) is 0 Å². The Kier molecular flexibility index (Phi) is 2.41. The summed E-state index contributed by atoms with van der Waals surface area (Å²) in [7, 11) is 0. The molecule has 1 N–H and O–H groups in total. The summed E-state index contributed by atoms with van der Waals surface area (Å²) in [6.45, 7) is 2.06. The number of nitrogens with zero attached hydrogens (tertiary/aromatic N) is 2. The number of aromatic amines is 1. The van der Waals surface area contributed by atoms with Gasteiger partial charge in [0, 0.05) is 22.7 Å². The van der Waals surface area contributed by atoms with Crippen LogP contribution >= 0.6 is 0 Å². The van der Waals surface area contributed by atoms with Gasteiger partial charge in [-0.2, -0.15) is 0 Å². The third-order valence-electron chi connectivity index (χ3n) is 2.98. The predicted octanol–water partition coefficient (Wildman–Crippen LogP) is 2.75. The molecule has 3 aromatic rings. The van der Waals surface area contributed by atoms with E-state index in [2.05, 4.69) is 27.9 Å². The molecule has 2 aromatic heterocycles. The first-order valence-corrected chi connectivity index (χ1v) is 5.64. The molecule has 0 atom stereocenters. The molecule has 0 amide bonds. The van der Waals surface area contributed by atoms with E-state index in [1.165, 1.54) is 11.8 Å². The summed E-state index contributed by atoms with van der Waals surface area (Å²) in [4.78, 5) is 22.1. The fourth-order valence-electron chi connectivity index (χ4n) is 2.11. The highest BCUT2D eigenvalue weighted by atomic mass is 16.1. The van der Waals surface area contributed by atoms with Crippen molar-refractivity contribution >= 4 is 17.2 Å². The molecule has 0 aliphatic carbocycles. The lowest BCUT2D eigenvalue weighted by molar-refractivity contribution is 0.111. The topological polar surface area (TPSA) is 58.6 Å². The molecule has 2 heterocycles. The molecule has 0 aliphatic rings. The first-order valence-electron chi connectivity index (χ1n) is 5.64. The lowest BCUT2D eigenvalue weighted by atomic mass is 10.1. The van der Waals surface area contributed by atoms with Crippen molar-refractivity contribution in [1.29, 1.82) is 0 Å². The van der Waals surface area contributed by atoms with Gasteiger partial charge in [-0.1, -0.05) is 12.1 Å². The zero-order valence-corrected chi connectivity index (χ0v) is 9.84. The van der Waals surface area contributed by atoms with Crippen LogP contribution in [0, 0.1) is 6.92 Å². The summed E-state index contributed by atoms with van der Waals surface area (Å²) in [5.74, 6) is 0. The van der Waals surface area contributed by atoms with E-state index in [1.807, 2.05) is 18.3 Å². The largest absolute Gasteiger partial charge is 0.360 e. The second-order valence-electron chi connectivity index (χ2n) is 4.14. The summed E-state index contributed by atoms with van der Waals surface area (Å²) in [5, 5.41) is 1.14. The first kappa shape index (κ1) is 10.7. The van der Waals surface area contributed by atoms with E-state index in [-0.39, 0.29) is 0 Å². The number of aromatic nitrogens is 3. The Hall–Kier alpha value is -2.49. The summed E-state index contributed by atoms with van der Waals surface area (Å²) < 4.78 is 0. The van der Waals surface area contributed by atoms with E-state index in [4.69, 9.17) is 0 Å². The number of rotatable bonds is 2. The van der Waals surface area contributed by atoms with Crippen LogP contribution in [0.15, 0.2) is 36.8 Å². The fourth-order valence-corrected chi connectivity index (χ4v) is 2.11. The second-order valence-corrected chi connectivity index (χ2v) is 4.14. The quantitative estimate of drug-likeness (QED) is 0.697. The first-order chi connectivity index (χ1) is 8.79. The molecule has 0 fully saturated rings. The van der Waals surface area contributed by atoms with Gasteiger partial charge >= 0.3 is 0 Å². The van der Waals surface area contributed by atoms with Gasteiger partial charge in [-0.25, -0.2) is 4.98 Å². The minimum Gasteiger partial charge on any atom is -0.360 e. The number of carbonyl (C=O) groups excluding carboxylic acids is 1. The van der Waals surface area contributed by atoms with Crippen molar-refractivity contribution in [2.45, 2.75) is 6.92 Å². The van der Waals surface area contributed by atoms with E-state index < -0.39 is 0 Å². The van der Waals surface area contributed by atoms with Crippen LogP contribution in [0.25, 0.3) is 22.2 Å². The molecule has 88 valence electrons. The number of hydrogen-bond acceptors (Lipinski definition) is 3. The van der Waals surface area contributed by atoms with E-state index in [1.54, 1.807) is 6.20 Å². The Labute approximate surface area is 104 Å². The monoisotopic (exact) mass is 237 g/mol. The molecule has 0 radical (unpaired) electrons. The van der Waals surface area contributed by atoms with Crippen LogP contribution in [0.2, 0.25) is 0 Å². The van der Waals surface area contributed by atoms with E-state index in [0.717, 1.165) is 22.2 Å². The minimum absolute atomic E-state index is 0.343. The fraction of sp³-hybridized carbons (Fsp3) is 0.0714. The Balaban J connectivity index is 2.21. The molecule has 0 aliphatic heterocycles. The van der Waals surface area contributed by atoms with Crippen molar-refractivity contribution in [2.24, 2.45) is 0 Å². The van der Waals surface area contributed by atoms with Crippen LogP contribution in [0.4, 0.5) is 0 Å². The lowest BCUT2D eigenvalue weighted by Crippen LogP contribution is -1.90. The van der Waals surface area contributed by atoms with Gasteiger partial charge in [0.05, 0.1) is 18.1 Å². The molecule has 0 bridgehead atoms. The van der Waals surface area contributed by atoms with Gasteiger partial charge in [-0.15, -0.1) is 0 Å². The van der Waals surface area contributed by atoms with Crippen LogP contribution in [0.1, 0.15) is 16.1 Å². The standard InChI is InChI=1S/C14H11N3O/c1-9-3-2-4-12-14(9)11(6-17-12)13-7-15-10(8-18)5-16-13/h2-8,17H,1H3. The van der Waals surface area contributed by atoms with Crippen molar-refractivity contribution in [3.05, 3.63) is 48.0 Å². The Morgan fingerprint density at radius 2 is 2.11 bits per heavy atom. The summed E-state index contributed by atoms with van der Waals surface area (Å²) in [6.07, 6.45) is 5.72. The summed E-state index contributed by atoms with van der Waals surface area (Å²) in [6, 6.07) is 6.10. The van der Waals surface area contributed by atoms with Gasteiger partial charge in [-0.05, 0) is 18.6 Å². The molecule has 0 saturated carbocycles. The van der Waals surface area contributed by atoms with Crippen molar-refractivity contribution in [3.8, 4) is 11.3 Å². The maximum absolute atomic E-state index is 10.6. The van der Waals surface area contributed by atoms with Gasteiger partial charge in [0.15, 0.2) is 6.29 Å². The predicted molar refractivity (Wildman–Crippen MR) is 69.4 cm³/mol. The SMILES string of the molecule is Cc1cccc2[nH]cc(-c3cnc(C=O)cn3)c12. The van der Waals surface area contributed by atoms with Crippen LogP contribution in [0.5, 0.6) is 0 Å².